The number of rotatable bonds is 5. The number of carbonyl (C=O) groups is 2. The maximum atomic E-state index is 11.8. The molecular weight excluding hydrogens is 220 g/mol. The van der Waals surface area contributed by atoms with Crippen LogP contribution in [0.3, 0.4) is 0 Å². The predicted octanol–water partition coefficient (Wildman–Crippen LogP) is 0.474. The minimum absolute atomic E-state index is 0.00267. The van der Waals surface area contributed by atoms with Crippen LogP contribution in [0.25, 0.3) is 0 Å². The van der Waals surface area contributed by atoms with Crippen molar-refractivity contribution in [1.29, 1.82) is 0 Å². The van der Waals surface area contributed by atoms with Crippen LogP contribution in [0, 0.1) is 5.92 Å². The number of hydrogen-bond donors (Lipinski definition) is 2. The second-order valence-corrected chi connectivity index (χ2v) is 4.42. The number of aliphatic carboxylic acids is 1. The summed E-state index contributed by atoms with van der Waals surface area (Å²) in [7, 11) is 0. The van der Waals surface area contributed by atoms with Crippen molar-refractivity contribution in [2.45, 2.75) is 25.8 Å². The Bertz CT molecular complexity index is 304. The highest BCUT2D eigenvalue weighted by Crippen LogP contribution is 2.22. The van der Waals surface area contributed by atoms with Crippen LogP contribution in [0.15, 0.2) is 12.7 Å². The monoisotopic (exact) mass is 240 g/mol. The van der Waals surface area contributed by atoms with Gasteiger partial charge in [-0.3, -0.25) is 9.59 Å². The fourth-order valence-electron chi connectivity index (χ4n) is 2.15. The smallest absolute Gasteiger partial charge is 0.306 e. The average molecular weight is 240 g/mol. The molecule has 1 rings (SSSR count). The first-order valence-electron chi connectivity index (χ1n) is 5.90. The molecule has 1 amide bonds. The van der Waals surface area contributed by atoms with Gasteiger partial charge in [0.2, 0.25) is 5.91 Å². The summed E-state index contributed by atoms with van der Waals surface area (Å²) in [6.07, 6.45) is 2.79. The van der Waals surface area contributed by atoms with Crippen molar-refractivity contribution in [1.82, 2.24) is 10.2 Å². The molecule has 0 aliphatic carbocycles. The zero-order chi connectivity index (χ0) is 12.8. The van der Waals surface area contributed by atoms with Gasteiger partial charge in [0, 0.05) is 19.1 Å². The summed E-state index contributed by atoms with van der Waals surface area (Å²) >= 11 is 0. The molecule has 0 radical (unpaired) electrons. The van der Waals surface area contributed by atoms with Gasteiger partial charge in [0.05, 0.1) is 12.5 Å². The van der Waals surface area contributed by atoms with E-state index in [1.807, 2.05) is 6.92 Å². The molecule has 2 unspecified atom stereocenters. The Hall–Kier alpha value is -1.36. The standard InChI is InChI=1S/C12H20N2O3/c1-3-5-13-8-11(15)14-6-4-10(12(16)17)7-9(14)2/h3,9-10,13H,1,4-8H2,2H3,(H,16,17). The Morgan fingerprint density at radius 3 is 2.82 bits per heavy atom. The van der Waals surface area contributed by atoms with Gasteiger partial charge in [-0.15, -0.1) is 6.58 Å². The molecule has 5 nitrogen and oxygen atoms in total. The van der Waals surface area contributed by atoms with E-state index in [1.54, 1.807) is 11.0 Å². The highest BCUT2D eigenvalue weighted by molar-refractivity contribution is 5.79. The first-order valence-corrected chi connectivity index (χ1v) is 5.90. The van der Waals surface area contributed by atoms with Crippen molar-refractivity contribution in [2.24, 2.45) is 5.92 Å². The summed E-state index contributed by atoms with van der Waals surface area (Å²) < 4.78 is 0. The molecule has 0 saturated carbocycles. The number of nitrogens with zero attached hydrogens (tertiary/aromatic N) is 1. The molecule has 0 spiro atoms. The lowest BCUT2D eigenvalue weighted by molar-refractivity contribution is -0.147. The third-order valence-electron chi connectivity index (χ3n) is 3.11. The predicted molar refractivity (Wildman–Crippen MR) is 64.6 cm³/mol. The number of nitrogens with one attached hydrogen (secondary N) is 1. The summed E-state index contributed by atoms with van der Waals surface area (Å²) in [5.41, 5.74) is 0. The van der Waals surface area contributed by atoms with Gasteiger partial charge < -0.3 is 15.3 Å². The van der Waals surface area contributed by atoms with E-state index < -0.39 is 5.97 Å². The quantitative estimate of drug-likeness (QED) is 0.541. The van der Waals surface area contributed by atoms with Crippen molar-refractivity contribution < 1.29 is 14.7 Å². The summed E-state index contributed by atoms with van der Waals surface area (Å²) in [6, 6.07) is 0.00267. The second-order valence-electron chi connectivity index (χ2n) is 4.42. The van der Waals surface area contributed by atoms with E-state index in [2.05, 4.69) is 11.9 Å². The van der Waals surface area contributed by atoms with E-state index in [0.717, 1.165) is 0 Å². The van der Waals surface area contributed by atoms with Gasteiger partial charge in [0.15, 0.2) is 0 Å². The van der Waals surface area contributed by atoms with Crippen molar-refractivity contribution >= 4 is 11.9 Å². The summed E-state index contributed by atoms with van der Waals surface area (Å²) in [4.78, 5) is 24.5. The van der Waals surface area contributed by atoms with Gasteiger partial charge in [0.25, 0.3) is 0 Å². The van der Waals surface area contributed by atoms with Crippen LogP contribution in [-0.2, 0) is 9.59 Å². The molecule has 2 atom stereocenters. The summed E-state index contributed by atoms with van der Waals surface area (Å²) in [5.74, 6) is -1.04. The maximum Gasteiger partial charge on any atom is 0.306 e. The van der Waals surface area contributed by atoms with E-state index in [-0.39, 0.29) is 24.4 Å². The average Bonchev–Trinajstić information content (AvgIpc) is 2.28. The number of hydrogen-bond acceptors (Lipinski definition) is 3. The van der Waals surface area contributed by atoms with Crippen molar-refractivity contribution in [2.75, 3.05) is 19.6 Å². The number of piperidine rings is 1. The molecule has 96 valence electrons. The van der Waals surface area contributed by atoms with E-state index in [1.165, 1.54) is 0 Å². The van der Waals surface area contributed by atoms with Crippen LogP contribution >= 0.6 is 0 Å². The van der Waals surface area contributed by atoms with Crippen LogP contribution in [0.5, 0.6) is 0 Å². The Morgan fingerprint density at radius 1 is 1.59 bits per heavy atom. The lowest BCUT2D eigenvalue weighted by Crippen LogP contribution is -2.48. The fraction of sp³-hybridized carbons (Fsp3) is 0.667. The molecular formula is C12H20N2O3. The van der Waals surface area contributed by atoms with Crippen LogP contribution in [-0.4, -0.2) is 47.6 Å². The first kappa shape index (κ1) is 13.7. The van der Waals surface area contributed by atoms with Gasteiger partial charge in [0.1, 0.15) is 0 Å². The molecule has 0 bridgehead atoms. The fourth-order valence-corrected chi connectivity index (χ4v) is 2.15. The van der Waals surface area contributed by atoms with Crippen LogP contribution in [0.2, 0.25) is 0 Å². The third kappa shape index (κ3) is 3.85. The molecule has 1 aliphatic rings. The number of amides is 1. The van der Waals surface area contributed by atoms with Gasteiger partial charge in [-0.2, -0.15) is 0 Å². The van der Waals surface area contributed by atoms with Gasteiger partial charge in [-0.05, 0) is 19.8 Å². The van der Waals surface area contributed by atoms with E-state index in [4.69, 9.17) is 5.11 Å². The van der Waals surface area contributed by atoms with Crippen LogP contribution < -0.4 is 5.32 Å². The van der Waals surface area contributed by atoms with Crippen molar-refractivity contribution in [3.8, 4) is 0 Å². The molecule has 17 heavy (non-hydrogen) atoms. The molecule has 1 saturated heterocycles. The Labute approximate surface area is 101 Å². The molecule has 1 aliphatic heterocycles. The Balaban J connectivity index is 2.43. The van der Waals surface area contributed by atoms with Gasteiger partial charge in [-0.1, -0.05) is 6.08 Å². The topological polar surface area (TPSA) is 69.6 Å². The lowest BCUT2D eigenvalue weighted by atomic mass is 9.92. The van der Waals surface area contributed by atoms with E-state index in [9.17, 15) is 9.59 Å². The summed E-state index contributed by atoms with van der Waals surface area (Å²) in [5, 5.41) is 11.9. The first-order chi connectivity index (χ1) is 8.06. The van der Waals surface area contributed by atoms with Gasteiger partial charge in [-0.25, -0.2) is 0 Å². The highest BCUT2D eigenvalue weighted by Gasteiger charge is 2.31. The maximum absolute atomic E-state index is 11.8. The van der Waals surface area contributed by atoms with Crippen molar-refractivity contribution in [3.63, 3.8) is 0 Å². The van der Waals surface area contributed by atoms with E-state index in [0.29, 0.717) is 25.9 Å². The number of carboxylic acids is 1. The molecule has 1 heterocycles. The molecule has 0 aromatic carbocycles. The zero-order valence-corrected chi connectivity index (χ0v) is 10.2. The van der Waals surface area contributed by atoms with Gasteiger partial charge >= 0.3 is 5.97 Å². The molecule has 0 aromatic rings. The number of carbonyl (C=O) groups excluding carboxylic acids is 1. The molecule has 1 fully saturated rings. The number of carboxylic acid groups (broad SMARTS) is 1. The largest absolute Gasteiger partial charge is 0.481 e. The lowest BCUT2D eigenvalue weighted by Gasteiger charge is -2.36. The Kier molecular flexibility index (Phi) is 5.15. The highest BCUT2D eigenvalue weighted by atomic mass is 16.4. The van der Waals surface area contributed by atoms with Crippen LogP contribution in [0.1, 0.15) is 19.8 Å². The second kappa shape index (κ2) is 6.39. The molecule has 0 aromatic heterocycles. The number of likely N-dealkylation sites (tertiary alicyclic amines) is 1. The summed E-state index contributed by atoms with van der Waals surface area (Å²) in [6.45, 7) is 6.89. The van der Waals surface area contributed by atoms with Crippen molar-refractivity contribution in [3.05, 3.63) is 12.7 Å². The zero-order valence-electron chi connectivity index (χ0n) is 10.2. The molecule has 2 N–H and O–H groups in total. The normalized spacial score (nSPS) is 24.4. The Morgan fingerprint density at radius 2 is 2.29 bits per heavy atom. The molecule has 5 heteroatoms. The minimum atomic E-state index is -0.756. The SMILES string of the molecule is C=CCNCC(=O)N1CCC(C(=O)O)CC1C. The minimum Gasteiger partial charge on any atom is -0.481 e. The third-order valence-corrected chi connectivity index (χ3v) is 3.11. The van der Waals surface area contributed by atoms with E-state index >= 15 is 0 Å². The van der Waals surface area contributed by atoms with Crippen LogP contribution in [0.4, 0.5) is 0 Å².